The van der Waals surface area contributed by atoms with Gasteiger partial charge in [0.2, 0.25) is 5.91 Å². The minimum absolute atomic E-state index is 0.0669. The van der Waals surface area contributed by atoms with E-state index in [0.29, 0.717) is 18.8 Å². The number of alkyl halides is 1. The molecule has 0 fully saturated rings. The number of hydrogen-bond acceptors (Lipinski definition) is 5. The van der Waals surface area contributed by atoms with Gasteiger partial charge in [0.15, 0.2) is 0 Å². The lowest BCUT2D eigenvalue weighted by atomic mass is 10.2. The minimum atomic E-state index is -1.11. The molecular formula is C23H39ClN4O3. The summed E-state index contributed by atoms with van der Waals surface area (Å²) in [5.41, 5.74) is 2.45. The Balaban J connectivity index is 2.12. The van der Waals surface area contributed by atoms with Crippen molar-refractivity contribution in [2.75, 3.05) is 64.6 Å². The molecule has 7 nitrogen and oxygen atoms in total. The molecule has 0 saturated heterocycles. The van der Waals surface area contributed by atoms with Crippen molar-refractivity contribution in [3.63, 3.8) is 0 Å². The second-order valence-corrected chi connectivity index (χ2v) is 9.00. The van der Waals surface area contributed by atoms with Crippen LogP contribution in [0.5, 0.6) is 0 Å². The van der Waals surface area contributed by atoms with E-state index in [4.69, 9.17) is 11.6 Å². The average Bonchev–Trinajstić information content (AvgIpc) is 2.71. The van der Waals surface area contributed by atoms with E-state index in [-0.39, 0.29) is 18.7 Å². The molecule has 0 bridgehead atoms. The van der Waals surface area contributed by atoms with Crippen LogP contribution in [0.3, 0.4) is 0 Å². The fourth-order valence-corrected chi connectivity index (χ4v) is 3.57. The highest BCUT2D eigenvalue weighted by atomic mass is 35.5. The van der Waals surface area contributed by atoms with Crippen molar-refractivity contribution in [1.29, 1.82) is 0 Å². The molecule has 0 aliphatic heterocycles. The van der Waals surface area contributed by atoms with E-state index in [2.05, 4.69) is 53.9 Å². The molecule has 31 heavy (non-hydrogen) atoms. The summed E-state index contributed by atoms with van der Waals surface area (Å²) in [6, 6.07) is 8.57. The second-order valence-electron chi connectivity index (χ2n) is 8.62. The summed E-state index contributed by atoms with van der Waals surface area (Å²) in [4.78, 5) is 24.1. The molecule has 2 N–H and O–H groups in total. The first-order valence-electron chi connectivity index (χ1n) is 11.1. The number of carboxylic acid groups (broad SMARTS) is 1. The lowest BCUT2D eigenvalue weighted by Crippen LogP contribution is -2.43. The van der Waals surface area contributed by atoms with Gasteiger partial charge in [-0.2, -0.15) is 0 Å². The highest BCUT2D eigenvalue weighted by molar-refractivity contribution is 6.18. The van der Waals surface area contributed by atoms with Crippen LogP contribution in [0.2, 0.25) is 0 Å². The molecule has 176 valence electrons. The fraction of sp³-hybridized carbons (Fsp3) is 0.652. The number of rotatable bonds is 17. The van der Waals surface area contributed by atoms with Gasteiger partial charge in [0.05, 0.1) is 27.2 Å². The van der Waals surface area contributed by atoms with Crippen molar-refractivity contribution >= 4 is 29.2 Å². The van der Waals surface area contributed by atoms with E-state index in [0.717, 1.165) is 50.0 Å². The van der Waals surface area contributed by atoms with Gasteiger partial charge >= 0.3 is 0 Å². The number of aliphatic carboxylic acids is 1. The Morgan fingerprint density at radius 3 is 2.29 bits per heavy atom. The first kappa shape index (κ1) is 27.2. The third-order valence-electron chi connectivity index (χ3n) is 5.29. The van der Waals surface area contributed by atoms with E-state index in [1.165, 1.54) is 11.3 Å². The number of anilines is 1. The van der Waals surface area contributed by atoms with Crippen molar-refractivity contribution in [1.82, 2.24) is 10.6 Å². The van der Waals surface area contributed by atoms with Crippen LogP contribution in [0, 0.1) is 0 Å². The maximum Gasteiger partial charge on any atom is 0.220 e. The monoisotopic (exact) mass is 454 g/mol. The molecule has 0 aliphatic rings. The highest BCUT2D eigenvalue weighted by Crippen LogP contribution is 2.13. The number of carbonyl (C=O) groups is 2. The molecule has 8 heteroatoms. The van der Waals surface area contributed by atoms with Crippen LogP contribution in [-0.4, -0.2) is 76.1 Å². The Kier molecular flexibility index (Phi) is 13.2. The second kappa shape index (κ2) is 15.1. The van der Waals surface area contributed by atoms with Crippen molar-refractivity contribution in [3.8, 4) is 0 Å². The summed E-state index contributed by atoms with van der Waals surface area (Å²) >= 11 is 5.79. The molecule has 0 heterocycles. The van der Waals surface area contributed by atoms with Gasteiger partial charge in [-0.05, 0) is 30.5 Å². The van der Waals surface area contributed by atoms with Gasteiger partial charge in [0.25, 0.3) is 0 Å². The zero-order chi connectivity index (χ0) is 23.1. The summed E-state index contributed by atoms with van der Waals surface area (Å²) in [5.74, 6) is -0.574. The predicted molar refractivity (Wildman–Crippen MR) is 125 cm³/mol. The van der Waals surface area contributed by atoms with E-state index >= 15 is 0 Å². The number of halogens is 1. The number of carboxylic acids is 1. The summed E-state index contributed by atoms with van der Waals surface area (Å²) in [7, 11) is 6.46. The van der Waals surface area contributed by atoms with Crippen LogP contribution in [0.25, 0.3) is 0 Å². The molecule has 0 atom stereocenters. The molecule has 0 aromatic heterocycles. The van der Waals surface area contributed by atoms with Gasteiger partial charge in [0.1, 0.15) is 0 Å². The van der Waals surface area contributed by atoms with Gasteiger partial charge in [-0.1, -0.05) is 12.1 Å². The summed E-state index contributed by atoms with van der Waals surface area (Å²) in [5, 5.41) is 16.7. The van der Waals surface area contributed by atoms with Crippen LogP contribution < -0.4 is 20.6 Å². The highest BCUT2D eigenvalue weighted by Gasteiger charge is 2.14. The SMILES string of the molecule is CN(CCCl)c1ccc(CNCCC[N+](C)(C)CCCNC(=O)CCCC(=O)[O-])cc1. The number of quaternary nitrogens is 1. The number of amides is 1. The summed E-state index contributed by atoms with van der Waals surface area (Å²) < 4.78 is 0.907. The molecule has 0 aliphatic carbocycles. The van der Waals surface area contributed by atoms with Crippen molar-refractivity contribution in [2.24, 2.45) is 0 Å². The zero-order valence-corrected chi connectivity index (χ0v) is 20.0. The van der Waals surface area contributed by atoms with Gasteiger partial charge in [-0.25, -0.2) is 0 Å². The van der Waals surface area contributed by atoms with Crippen molar-refractivity contribution in [2.45, 2.75) is 38.6 Å². The number of nitrogens with one attached hydrogen (secondary N) is 2. The molecule has 0 spiro atoms. The number of carbonyl (C=O) groups excluding carboxylic acids is 2. The maximum absolute atomic E-state index is 11.6. The van der Waals surface area contributed by atoms with Gasteiger partial charge in [0, 0.05) is 70.0 Å². The Hall–Kier alpha value is -1.83. The number of benzene rings is 1. The molecular weight excluding hydrogens is 416 g/mol. The van der Waals surface area contributed by atoms with E-state index in [9.17, 15) is 14.7 Å². The molecule has 1 amide bonds. The van der Waals surface area contributed by atoms with Crippen LogP contribution >= 0.6 is 11.6 Å². The zero-order valence-electron chi connectivity index (χ0n) is 19.3. The van der Waals surface area contributed by atoms with Gasteiger partial charge in [-0.3, -0.25) is 4.79 Å². The van der Waals surface area contributed by atoms with E-state index in [1.807, 2.05) is 7.05 Å². The van der Waals surface area contributed by atoms with Crippen LogP contribution in [0.1, 0.15) is 37.7 Å². The van der Waals surface area contributed by atoms with Gasteiger partial charge in [-0.15, -0.1) is 11.6 Å². The Morgan fingerprint density at radius 2 is 1.68 bits per heavy atom. The van der Waals surface area contributed by atoms with E-state index in [1.54, 1.807) is 0 Å². The first-order valence-corrected chi connectivity index (χ1v) is 11.6. The van der Waals surface area contributed by atoms with Crippen molar-refractivity contribution < 1.29 is 19.2 Å². The molecule has 0 saturated carbocycles. The third kappa shape index (κ3) is 13.2. The topological polar surface area (TPSA) is 84.5 Å². The third-order valence-corrected chi connectivity index (χ3v) is 5.46. The number of hydrogen-bond donors (Lipinski definition) is 2. The Labute approximate surface area is 192 Å². The maximum atomic E-state index is 11.6. The van der Waals surface area contributed by atoms with Crippen LogP contribution in [0.4, 0.5) is 5.69 Å². The Morgan fingerprint density at radius 1 is 1.03 bits per heavy atom. The molecule has 1 aromatic carbocycles. The smallest absolute Gasteiger partial charge is 0.220 e. The molecule has 1 rings (SSSR count). The fourth-order valence-electron chi connectivity index (χ4n) is 3.32. The normalized spacial score (nSPS) is 11.4. The van der Waals surface area contributed by atoms with E-state index < -0.39 is 5.97 Å². The quantitative estimate of drug-likeness (QED) is 0.211. The Bertz CT molecular complexity index is 653. The first-order chi connectivity index (χ1) is 14.7. The van der Waals surface area contributed by atoms with Crippen LogP contribution in [0.15, 0.2) is 24.3 Å². The standard InChI is InChI=1S/C23H39ClN4O3/c1-27(16-13-24)21-11-9-20(10-12-21)19-25-14-5-17-28(2,3)18-6-15-26-22(29)7-4-8-23(30)31/h9-12,25H,4-8,13-19H2,1-3H3,(H-,26,29,30,31). The predicted octanol–water partition coefficient (Wildman–Crippen LogP) is 1.34. The van der Waals surface area contributed by atoms with Crippen molar-refractivity contribution in [3.05, 3.63) is 29.8 Å². The largest absolute Gasteiger partial charge is 0.550 e. The molecule has 0 radical (unpaired) electrons. The average molecular weight is 455 g/mol. The summed E-state index contributed by atoms with van der Waals surface area (Å²) in [6.07, 6.45) is 2.49. The lowest BCUT2D eigenvalue weighted by molar-refractivity contribution is -0.890. The minimum Gasteiger partial charge on any atom is -0.550 e. The van der Waals surface area contributed by atoms with Crippen LogP contribution in [-0.2, 0) is 16.1 Å². The lowest BCUT2D eigenvalue weighted by Gasteiger charge is -2.30. The van der Waals surface area contributed by atoms with Gasteiger partial charge < -0.3 is 29.9 Å². The number of nitrogens with zero attached hydrogens (tertiary/aromatic N) is 2. The summed E-state index contributed by atoms with van der Waals surface area (Å²) in [6.45, 7) is 5.33. The molecule has 0 unspecified atom stereocenters. The molecule has 1 aromatic rings.